The van der Waals surface area contributed by atoms with E-state index in [1.807, 2.05) is 6.92 Å². The summed E-state index contributed by atoms with van der Waals surface area (Å²) in [6.07, 6.45) is 0.384. The highest BCUT2D eigenvalue weighted by molar-refractivity contribution is 7.89. The van der Waals surface area contributed by atoms with Crippen LogP contribution >= 0.6 is 0 Å². The molecule has 0 aliphatic rings. The molecule has 0 unspecified atom stereocenters. The van der Waals surface area contributed by atoms with E-state index in [2.05, 4.69) is 10.0 Å². The lowest BCUT2D eigenvalue weighted by atomic mass is 10.2. The molecule has 1 aromatic carbocycles. The van der Waals surface area contributed by atoms with Crippen molar-refractivity contribution < 1.29 is 13.2 Å². The first-order valence-corrected chi connectivity index (χ1v) is 7.69. The van der Waals surface area contributed by atoms with Gasteiger partial charge in [-0.1, -0.05) is 24.6 Å². The summed E-state index contributed by atoms with van der Waals surface area (Å²) in [5, 5.41) is 2.70. The molecule has 1 aromatic rings. The van der Waals surface area contributed by atoms with Gasteiger partial charge in [-0.05, 0) is 26.0 Å². The van der Waals surface area contributed by atoms with Gasteiger partial charge in [0, 0.05) is 19.0 Å². The number of amides is 1. The van der Waals surface area contributed by atoms with E-state index < -0.39 is 10.0 Å². The zero-order valence-electron chi connectivity index (χ0n) is 11.4. The van der Waals surface area contributed by atoms with Gasteiger partial charge in [-0.3, -0.25) is 4.79 Å². The van der Waals surface area contributed by atoms with Crippen molar-refractivity contribution in [2.24, 2.45) is 0 Å². The number of carbonyl (C=O) groups is 1. The van der Waals surface area contributed by atoms with E-state index in [0.29, 0.717) is 6.42 Å². The molecule has 1 atom stereocenters. The van der Waals surface area contributed by atoms with Crippen molar-refractivity contribution in [1.29, 1.82) is 0 Å². The highest BCUT2D eigenvalue weighted by atomic mass is 32.2. The number of sulfonamides is 1. The minimum absolute atomic E-state index is 0.0953. The second-order valence-corrected chi connectivity index (χ2v) is 6.25. The molecule has 1 rings (SSSR count). The van der Waals surface area contributed by atoms with Gasteiger partial charge >= 0.3 is 0 Å². The van der Waals surface area contributed by atoms with Gasteiger partial charge in [-0.15, -0.1) is 0 Å². The van der Waals surface area contributed by atoms with Crippen molar-refractivity contribution >= 4 is 15.9 Å². The van der Waals surface area contributed by atoms with E-state index in [0.717, 1.165) is 5.56 Å². The van der Waals surface area contributed by atoms with Crippen LogP contribution in [0.15, 0.2) is 29.2 Å². The smallest absolute Gasteiger partial charge is 0.240 e. The number of nitrogens with one attached hydrogen (secondary N) is 2. The molecule has 0 bridgehead atoms. The molecule has 0 radical (unpaired) electrons. The maximum Gasteiger partial charge on any atom is 0.240 e. The van der Waals surface area contributed by atoms with Crippen molar-refractivity contribution in [3.8, 4) is 0 Å². The van der Waals surface area contributed by atoms with Gasteiger partial charge < -0.3 is 5.32 Å². The molecular formula is C13H20N2O3S. The van der Waals surface area contributed by atoms with Crippen LogP contribution in [0.25, 0.3) is 0 Å². The van der Waals surface area contributed by atoms with Crippen LogP contribution in [0.1, 0.15) is 25.8 Å². The van der Waals surface area contributed by atoms with Crippen LogP contribution in [-0.4, -0.2) is 26.9 Å². The average molecular weight is 284 g/mol. The van der Waals surface area contributed by atoms with Crippen LogP contribution in [0, 0.1) is 6.92 Å². The second kappa shape index (κ2) is 6.68. The Balaban J connectivity index is 2.61. The highest BCUT2D eigenvalue weighted by Gasteiger charge is 2.15. The Morgan fingerprint density at radius 3 is 2.37 bits per heavy atom. The van der Waals surface area contributed by atoms with E-state index in [4.69, 9.17) is 0 Å². The van der Waals surface area contributed by atoms with Gasteiger partial charge in [0.25, 0.3) is 0 Å². The molecule has 0 saturated carbocycles. The fourth-order valence-electron chi connectivity index (χ4n) is 1.46. The molecule has 0 aliphatic carbocycles. The highest BCUT2D eigenvalue weighted by Crippen LogP contribution is 2.09. The summed E-state index contributed by atoms with van der Waals surface area (Å²) < 4.78 is 26.4. The van der Waals surface area contributed by atoms with E-state index in [1.54, 1.807) is 38.1 Å². The lowest BCUT2D eigenvalue weighted by Gasteiger charge is -2.14. The van der Waals surface area contributed by atoms with Gasteiger partial charge in [0.05, 0.1) is 4.90 Å². The first kappa shape index (κ1) is 15.7. The van der Waals surface area contributed by atoms with Crippen LogP contribution in [-0.2, 0) is 14.8 Å². The molecule has 5 nitrogen and oxygen atoms in total. The van der Waals surface area contributed by atoms with Gasteiger partial charge in [-0.25, -0.2) is 13.1 Å². The Morgan fingerprint density at radius 1 is 1.26 bits per heavy atom. The Bertz CT molecular complexity index is 523. The fraction of sp³-hybridized carbons (Fsp3) is 0.462. The van der Waals surface area contributed by atoms with E-state index in [9.17, 15) is 13.2 Å². The minimum atomic E-state index is -3.52. The zero-order valence-corrected chi connectivity index (χ0v) is 12.3. The summed E-state index contributed by atoms with van der Waals surface area (Å²) in [4.78, 5) is 11.4. The normalized spacial score (nSPS) is 13.0. The Kier molecular flexibility index (Phi) is 5.50. The summed E-state index contributed by atoms with van der Waals surface area (Å²) in [5.41, 5.74) is 1.00. The molecule has 0 heterocycles. The van der Waals surface area contributed by atoms with Crippen LogP contribution in [0.5, 0.6) is 0 Å². The Hall–Kier alpha value is -1.40. The van der Waals surface area contributed by atoms with Gasteiger partial charge in [0.15, 0.2) is 0 Å². The number of benzene rings is 1. The Morgan fingerprint density at radius 2 is 1.84 bits per heavy atom. The minimum Gasteiger partial charge on any atom is -0.352 e. The molecule has 1 amide bonds. The Labute approximate surface area is 114 Å². The van der Waals surface area contributed by atoms with Crippen molar-refractivity contribution in [3.63, 3.8) is 0 Å². The quantitative estimate of drug-likeness (QED) is 0.824. The van der Waals surface area contributed by atoms with Crippen LogP contribution in [0.4, 0.5) is 0 Å². The van der Waals surface area contributed by atoms with Crippen LogP contribution in [0.3, 0.4) is 0 Å². The maximum absolute atomic E-state index is 12.0. The summed E-state index contributed by atoms with van der Waals surface area (Å²) in [7, 11) is -3.52. The molecule has 2 N–H and O–H groups in total. The first-order chi connectivity index (χ1) is 8.85. The van der Waals surface area contributed by atoms with Gasteiger partial charge in [0.2, 0.25) is 15.9 Å². The van der Waals surface area contributed by atoms with E-state index >= 15 is 0 Å². The molecule has 0 fully saturated rings. The predicted molar refractivity (Wildman–Crippen MR) is 74.3 cm³/mol. The largest absolute Gasteiger partial charge is 0.352 e. The second-order valence-electron chi connectivity index (χ2n) is 4.49. The van der Waals surface area contributed by atoms with Crippen LogP contribution < -0.4 is 10.0 Å². The van der Waals surface area contributed by atoms with E-state index in [1.165, 1.54) is 0 Å². The lowest BCUT2D eigenvalue weighted by Crippen LogP contribution is -2.41. The molecular weight excluding hydrogens is 264 g/mol. The summed E-state index contributed by atoms with van der Waals surface area (Å²) >= 11 is 0. The monoisotopic (exact) mass is 284 g/mol. The topological polar surface area (TPSA) is 75.3 Å². The number of rotatable bonds is 6. The molecule has 106 valence electrons. The summed E-state index contributed by atoms with van der Waals surface area (Å²) in [6.45, 7) is 5.57. The van der Waals surface area contributed by atoms with Crippen molar-refractivity contribution in [2.75, 3.05) is 6.54 Å². The lowest BCUT2D eigenvalue weighted by molar-refractivity contribution is -0.121. The fourth-order valence-corrected chi connectivity index (χ4v) is 2.59. The standard InChI is InChI=1S/C13H20N2O3S/c1-4-13(16)15-11(3)9-14-19(17,18)12-7-5-10(2)6-8-12/h5-8,11,14H,4,9H2,1-3H3,(H,15,16)/t11-/m1/s1. The molecule has 0 saturated heterocycles. The van der Waals surface area contributed by atoms with Gasteiger partial charge in [0.1, 0.15) is 0 Å². The third-order valence-corrected chi connectivity index (χ3v) is 4.08. The van der Waals surface area contributed by atoms with Gasteiger partial charge in [-0.2, -0.15) is 0 Å². The third-order valence-electron chi connectivity index (χ3n) is 2.64. The molecule has 19 heavy (non-hydrogen) atoms. The van der Waals surface area contributed by atoms with Crippen molar-refractivity contribution in [2.45, 2.75) is 38.1 Å². The number of carbonyl (C=O) groups excluding carboxylic acids is 1. The number of hydrogen-bond acceptors (Lipinski definition) is 3. The summed E-state index contributed by atoms with van der Waals surface area (Å²) in [5.74, 6) is -0.0953. The zero-order chi connectivity index (χ0) is 14.5. The molecule has 6 heteroatoms. The predicted octanol–water partition coefficient (Wildman–Crippen LogP) is 1.19. The maximum atomic E-state index is 12.0. The number of aryl methyl sites for hydroxylation is 1. The van der Waals surface area contributed by atoms with Crippen molar-refractivity contribution in [1.82, 2.24) is 10.0 Å². The summed E-state index contributed by atoms with van der Waals surface area (Å²) in [6, 6.07) is 6.38. The molecule has 0 aliphatic heterocycles. The third kappa shape index (κ3) is 5.00. The van der Waals surface area contributed by atoms with Crippen molar-refractivity contribution in [3.05, 3.63) is 29.8 Å². The molecule has 0 aromatic heterocycles. The van der Waals surface area contributed by atoms with Crippen LogP contribution in [0.2, 0.25) is 0 Å². The van der Waals surface area contributed by atoms with E-state index in [-0.39, 0.29) is 23.4 Å². The molecule has 0 spiro atoms. The average Bonchev–Trinajstić information content (AvgIpc) is 2.37. The first-order valence-electron chi connectivity index (χ1n) is 6.21. The number of hydrogen-bond donors (Lipinski definition) is 2. The SMILES string of the molecule is CCC(=O)N[C@H](C)CNS(=O)(=O)c1ccc(C)cc1.